The number of hydrogen-bond donors (Lipinski definition) is 0. The molecule has 0 amide bonds. The molecule has 0 spiro atoms. The number of ether oxygens (including phenoxy) is 2. The van der Waals surface area contributed by atoms with Crippen molar-refractivity contribution in [1.29, 1.82) is 5.26 Å². The van der Waals surface area contributed by atoms with Gasteiger partial charge in [0.05, 0.1) is 36.3 Å². The average molecular weight is 468 g/mol. The minimum absolute atomic E-state index is 0.0793. The van der Waals surface area contributed by atoms with E-state index >= 15 is 0 Å². The van der Waals surface area contributed by atoms with Crippen molar-refractivity contribution in [2.75, 3.05) is 19.0 Å². The van der Waals surface area contributed by atoms with Crippen LogP contribution >= 0.6 is 23.1 Å². The molecule has 0 radical (unpaired) electrons. The van der Waals surface area contributed by atoms with Crippen molar-refractivity contribution in [3.63, 3.8) is 0 Å². The molecule has 1 aliphatic heterocycles. The van der Waals surface area contributed by atoms with Crippen molar-refractivity contribution in [2.45, 2.75) is 56.3 Å². The third kappa shape index (κ3) is 4.42. The number of nitriles is 1. The molecule has 3 aromatic rings. The fraction of sp³-hybridized carbons (Fsp3) is 0.458. The summed E-state index contributed by atoms with van der Waals surface area (Å²) in [7, 11) is 0. The van der Waals surface area contributed by atoms with Gasteiger partial charge in [-0.2, -0.15) is 5.26 Å². The lowest BCUT2D eigenvalue weighted by atomic mass is 9.97. The molecule has 2 aliphatic rings. The first-order valence-corrected chi connectivity index (χ1v) is 13.0. The fourth-order valence-corrected chi connectivity index (χ4v) is 6.53. The van der Waals surface area contributed by atoms with Crippen LogP contribution in [0.15, 0.2) is 34.2 Å². The van der Waals surface area contributed by atoms with Gasteiger partial charge < -0.3 is 9.47 Å². The lowest BCUT2D eigenvalue weighted by molar-refractivity contribution is 0.0937. The molecule has 0 N–H and O–H groups in total. The maximum Gasteiger partial charge on any atom is 0.263 e. The molecule has 5 rings (SSSR count). The average Bonchev–Trinajstić information content (AvgIpc) is 3.47. The van der Waals surface area contributed by atoms with Crippen molar-refractivity contribution < 1.29 is 9.47 Å². The number of aryl methyl sites for hydroxylation is 2. The lowest BCUT2D eigenvalue weighted by Crippen LogP contribution is -2.29. The molecule has 8 heteroatoms. The van der Waals surface area contributed by atoms with Crippen LogP contribution in [-0.4, -0.2) is 34.6 Å². The van der Waals surface area contributed by atoms with Crippen LogP contribution in [0.5, 0.6) is 5.75 Å². The summed E-state index contributed by atoms with van der Waals surface area (Å²) in [4.78, 5) is 20.8. The van der Waals surface area contributed by atoms with Crippen LogP contribution in [0, 0.1) is 11.3 Å². The first-order chi connectivity index (χ1) is 15.7. The zero-order valence-corrected chi connectivity index (χ0v) is 19.5. The van der Waals surface area contributed by atoms with Crippen molar-refractivity contribution in [3.8, 4) is 11.8 Å². The molecular formula is C24H25N3O3S2. The number of thioether (sulfide) groups is 1. The van der Waals surface area contributed by atoms with Gasteiger partial charge in [-0.3, -0.25) is 9.36 Å². The Labute approximate surface area is 195 Å². The second-order valence-corrected chi connectivity index (χ2v) is 10.3. The van der Waals surface area contributed by atoms with Crippen LogP contribution in [0.2, 0.25) is 0 Å². The first kappa shape index (κ1) is 21.5. The monoisotopic (exact) mass is 467 g/mol. The largest absolute Gasteiger partial charge is 0.493 e. The van der Waals surface area contributed by atoms with Gasteiger partial charge in [-0.05, 0) is 68.4 Å². The Hall–Kier alpha value is -2.34. The first-order valence-electron chi connectivity index (χ1n) is 11.2. The van der Waals surface area contributed by atoms with Crippen LogP contribution in [-0.2, 0) is 24.1 Å². The van der Waals surface area contributed by atoms with Crippen molar-refractivity contribution in [1.82, 2.24) is 9.55 Å². The Morgan fingerprint density at radius 2 is 2.09 bits per heavy atom. The second-order valence-electron chi connectivity index (χ2n) is 8.17. The van der Waals surface area contributed by atoms with Crippen LogP contribution < -0.4 is 10.3 Å². The summed E-state index contributed by atoms with van der Waals surface area (Å²) in [5, 5.41) is 10.5. The summed E-state index contributed by atoms with van der Waals surface area (Å²) in [6.45, 7) is 1.82. The zero-order valence-electron chi connectivity index (χ0n) is 17.8. The van der Waals surface area contributed by atoms with E-state index < -0.39 is 0 Å². The van der Waals surface area contributed by atoms with Crippen molar-refractivity contribution in [3.05, 3.63) is 50.6 Å². The number of aromatic nitrogens is 2. The third-order valence-corrected chi connectivity index (χ3v) is 8.14. The maximum atomic E-state index is 13.6. The second kappa shape index (κ2) is 9.65. The van der Waals surface area contributed by atoms with Crippen LogP contribution in [0.3, 0.4) is 0 Å². The summed E-state index contributed by atoms with van der Waals surface area (Å²) in [5.41, 5.74) is 1.93. The van der Waals surface area contributed by atoms with E-state index in [-0.39, 0.29) is 11.7 Å². The highest BCUT2D eigenvalue weighted by Crippen LogP contribution is 2.35. The van der Waals surface area contributed by atoms with Crippen LogP contribution in [0.4, 0.5) is 0 Å². The molecule has 1 fully saturated rings. The number of rotatable bonds is 7. The van der Waals surface area contributed by atoms with Crippen LogP contribution in [0.1, 0.15) is 41.7 Å². The molecule has 3 heterocycles. The number of fused-ring (bicyclic) bond motifs is 3. The number of thiophene rings is 1. The van der Waals surface area contributed by atoms with Crippen molar-refractivity contribution >= 4 is 33.3 Å². The Morgan fingerprint density at radius 1 is 1.25 bits per heavy atom. The molecule has 6 nitrogen and oxygen atoms in total. The predicted molar refractivity (Wildman–Crippen MR) is 127 cm³/mol. The van der Waals surface area contributed by atoms with Crippen LogP contribution in [0.25, 0.3) is 10.2 Å². The fourth-order valence-electron chi connectivity index (χ4n) is 4.40. The molecule has 1 atom stereocenters. The van der Waals surface area contributed by atoms with Gasteiger partial charge in [0.15, 0.2) is 5.16 Å². The molecule has 1 aromatic carbocycles. The number of benzene rings is 1. The Balaban J connectivity index is 1.37. The van der Waals surface area contributed by atoms with E-state index in [1.54, 1.807) is 47.4 Å². The van der Waals surface area contributed by atoms with E-state index in [0.717, 1.165) is 59.8 Å². The maximum absolute atomic E-state index is 13.6. The van der Waals surface area contributed by atoms with Gasteiger partial charge in [0, 0.05) is 17.2 Å². The summed E-state index contributed by atoms with van der Waals surface area (Å²) in [6.07, 6.45) is 6.49. The highest BCUT2D eigenvalue weighted by molar-refractivity contribution is 7.99. The van der Waals surface area contributed by atoms with Gasteiger partial charge in [0.2, 0.25) is 0 Å². The minimum atomic E-state index is 0.0793. The summed E-state index contributed by atoms with van der Waals surface area (Å²) < 4.78 is 13.5. The highest BCUT2D eigenvalue weighted by atomic mass is 32.2. The SMILES string of the molecule is N#Cc1ccc(OCCSc2nc3sc4c(c3c(=O)n2CC2CCCO2)CCCC4)cc1. The Bertz CT molecular complexity index is 1200. The molecule has 32 heavy (non-hydrogen) atoms. The highest BCUT2D eigenvalue weighted by Gasteiger charge is 2.24. The molecule has 1 aliphatic carbocycles. The molecule has 0 bridgehead atoms. The number of nitrogens with zero attached hydrogens (tertiary/aromatic N) is 3. The summed E-state index contributed by atoms with van der Waals surface area (Å²) in [5.74, 6) is 1.41. The standard InChI is InChI=1S/C24H25N3O3S2/c25-14-16-7-9-17(10-8-16)30-12-13-31-24-26-22-21(19-5-1-2-6-20(19)32-22)23(28)27(24)15-18-4-3-11-29-18/h7-10,18H,1-6,11-13,15H2. The van der Waals surface area contributed by atoms with E-state index in [4.69, 9.17) is 19.7 Å². The normalized spacial score (nSPS) is 17.9. The Kier molecular flexibility index (Phi) is 6.49. The van der Waals surface area contributed by atoms with Crippen molar-refractivity contribution in [2.24, 2.45) is 0 Å². The molecule has 2 aromatic heterocycles. The van der Waals surface area contributed by atoms with E-state index in [2.05, 4.69) is 6.07 Å². The third-order valence-electron chi connectivity index (χ3n) is 6.02. The molecule has 0 saturated carbocycles. The quantitative estimate of drug-likeness (QED) is 0.288. The number of hydrogen-bond acceptors (Lipinski definition) is 7. The molecule has 166 valence electrons. The lowest BCUT2D eigenvalue weighted by Gasteiger charge is -2.16. The van der Waals surface area contributed by atoms with Gasteiger partial charge in [-0.1, -0.05) is 11.8 Å². The summed E-state index contributed by atoms with van der Waals surface area (Å²) in [6, 6.07) is 9.20. The van der Waals surface area contributed by atoms with E-state index in [9.17, 15) is 4.79 Å². The van der Waals surface area contributed by atoms with E-state index in [1.807, 2.05) is 4.57 Å². The van der Waals surface area contributed by atoms with E-state index in [0.29, 0.717) is 24.5 Å². The van der Waals surface area contributed by atoms with E-state index in [1.165, 1.54) is 16.9 Å². The summed E-state index contributed by atoms with van der Waals surface area (Å²) >= 11 is 3.25. The smallest absolute Gasteiger partial charge is 0.263 e. The Morgan fingerprint density at radius 3 is 2.88 bits per heavy atom. The predicted octanol–water partition coefficient (Wildman–Crippen LogP) is 4.56. The zero-order chi connectivity index (χ0) is 21.9. The molecule has 1 unspecified atom stereocenters. The van der Waals surface area contributed by atoms with Gasteiger partial charge in [0.1, 0.15) is 10.6 Å². The topological polar surface area (TPSA) is 77.1 Å². The minimum Gasteiger partial charge on any atom is -0.493 e. The molecule has 1 saturated heterocycles. The van der Waals surface area contributed by atoms with Gasteiger partial charge in [-0.25, -0.2) is 4.98 Å². The van der Waals surface area contributed by atoms with Gasteiger partial charge in [-0.15, -0.1) is 11.3 Å². The van der Waals surface area contributed by atoms with Gasteiger partial charge >= 0.3 is 0 Å². The van der Waals surface area contributed by atoms with Gasteiger partial charge in [0.25, 0.3) is 5.56 Å². The molecular weight excluding hydrogens is 442 g/mol.